The van der Waals surface area contributed by atoms with E-state index in [1.54, 1.807) is 12.0 Å². The van der Waals surface area contributed by atoms with Crippen LogP contribution in [0.5, 0.6) is 5.75 Å². The number of aromatic nitrogens is 2. The van der Waals surface area contributed by atoms with Crippen LogP contribution in [0.3, 0.4) is 0 Å². The number of nitrogens with one attached hydrogen (secondary N) is 1. The minimum atomic E-state index is -0.479. The molecule has 4 aromatic rings. The van der Waals surface area contributed by atoms with Gasteiger partial charge in [0.15, 0.2) is 0 Å². The number of ether oxygens (including phenoxy) is 1. The molecule has 1 atom stereocenters. The summed E-state index contributed by atoms with van der Waals surface area (Å²) in [6.45, 7) is 6.42. The Kier molecular flexibility index (Phi) is 6.29. The fourth-order valence-electron chi connectivity index (χ4n) is 4.47. The third-order valence-corrected chi connectivity index (χ3v) is 6.41. The zero-order valence-electron chi connectivity index (χ0n) is 20.8. The number of aryl methyl sites for hydroxylation is 2. The predicted octanol–water partition coefficient (Wildman–Crippen LogP) is 6.06. The van der Waals surface area contributed by atoms with Gasteiger partial charge in [0, 0.05) is 11.3 Å². The monoisotopic (exact) mass is 480 g/mol. The van der Waals surface area contributed by atoms with Crippen molar-refractivity contribution >= 4 is 11.6 Å². The maximum atomic E-state index is 13.4. The van der Waals surface area contributed by atoms with E-state index in [0.29, 0.717) is 24.0 Å². The highest BCUT2D eigenvalue weighted by atomic mass is 16.5. The summed E-state index contributed by atoms with van der Waals surface area (Å²) in [5, 5.41) is 7.40. The Morgan fingerprint density at radius 2 is 1.75 bits per heavy atom. The number of benzene rings is 3. The number of hydrogen-bond donors (Lipinski definition) is 1. The lowest BCUT2D eigenvalue weighted by Crippen LogP contribution is -2.45. The van der Waals surface area contributed by atoms with Crippen molar-refractivity contribution in [1.82, 2.24) is 20.4 Å². The average Bonchev–Trinajstić information content (AvgIpc) is 3.36. The third kappa shape index (κ3) is 4.60. The average molecular weight is 481 g/mol. The molecular weight excluding hydrogens is 452 g/mol. The molecule has 2 heterocycles. The second kappa shape index (κ2) is 9.70. The van der Waals surface area contributed by atoms with E-state index in [1.165, 1.54) is 0 Å². The molecule has 5 rings (SSSR count). The van der Waals surface area contributed by atoms with Gasteiger partial charge in [0.05, 0.1) is 25.3 Å². The quantitative estimate of drug-likeness (QED) is 0.363. The molecule has 0 spiro atoms. The van der Waals surface area contributed by atoms with Crippen molar-refractivity contribution in [1.29, 1.82) is 0 Å². The molecule has 7 nitrogen and oxygen atoms in total. The maximum absolute atomic E-state index is 13.4. The van der Waals surface area contributed by atoms with Crippen LogP contribution >= 0.6 is 0 Å². The van der Waals surface area contributed by atoms with Gasteiger partial charge in [-0.25, -0.2) is 4.79 Å². The Bertz CT molecular complexity index is 1440. The van der Waals surface area contributed by atoms with Gasteiger partial charge >= 0.3 is 6.03 Å². The van der Waals surface area contributed by atoms with Crippen molar-refractivity contribution < 1.29 is 14.1 Å². The van der Waals surface area contributed by atoms with Crippen LogP contribution in [-0.4, -0.2) is 28.2 Å². The second-order valence-electron chi connectivity index (χ2n) is 9.02. The van der Waals surface area contributed by atoms with Crippen molar-refractivity contribution in [2.75, 3.05) is 7.11 Å². The summed E-state index contributed by atoms with van der Waals surface area (Å²) < 4.78 is 11.2. The predicted molar refractivity (Wildman–Crippen MR) is 138 cm³/mol. The summed E-state index contributed by atoms with van der Waals surface area (Å²) in [6.07, 6.45) is 0. The number of methoxy groups -OCH3 is 1. The highest BCUT2D eigenvalue weighted by Gasteiger charge is 2.36. The van der Waals surface area contributed by atoms with E-state index >= 15 is 0 Å². The Morgan fingerprint density at radius 1 is 0.972 bits per heavy atom. The molecule has 36 heavy (non-hydrogen) atoms. The minimum Gasteiger partial charge on any atom is -0.497 e. The van der Waals surface area contributed by atoms with Crippen molar-refractivity contribution in [3.05, 3.63) is 107 Å². The summed E-state index contributed by atoms with van der Waals surface area (Å²) in [5.74, 6) is 1.56. The van der Waals surface area contributed by atoms with Crippen LogP contribution in [-0.2, 0) is 6.54 Å². The number of allylic oxidation sites excluding steroid dienone is 1. The van der Waals surface area contributed by atoms with E-state index in [9.17, 15) is 4.79 Å². The molecule has 7 heteroatoms. The minimum absolute atomic E-state index is 0.191. The first-order valence-electron chi connectivity index (χ1n) is 11.8. The Hall–Kier alpha value is -4.39. The number of rotatable bonds is 6. The second-order valence-corrected chi connectivity index (χ2v) is 9.02. The highest BCUT2D eigenvalue weighted by molar-refractivity contribution is 5.87. The first-order valence-corrected chi connectivity index (χ1v) is 11.8. The molecular formula is C29H28N4O3. The topological polar surface area (TPSA) is 80.5 Å². The van der Waals surface area contributed by atoms with E-state index in [4.69, 9.17) is 14.2 Å². The standard InChI is InChI=1S/C29H28N4O3/c1-18-11-13-22(14-12-18)27-31-28(36-32-27)25-20(3)33(17-21-8-5-7-19(2)15-21)29(34)30-26(25)23-9-6-10-24(16-23)35-4/h5-16,26H,17H2,1-4H3,(H,30,34). The zero-order chi connectivity index (χ0) is 25.2. The molecule has 1 N–H and O–H groups in total. The fraction of sp³-hybridized carbons (Fsp3) is 0.207. The summed E-state index contributed by atoms with van der Waals surface area (Å²) in [4.78, 5) is 19.8. The van der Waals surface area contributed by atoms with Gasteiger partial charge in [-0.15, -0.1) is 0 Å². The van der Waals surface area contributed by atoms with Crippen molar-refractivity contribution in [2.45, 2.75) is 33.4 Å². The van der Waals surface area contributed by atoms with Crippen LogP contribution in [0.25, 0.3) is 17.0 Å². The SMILES string of the molecule is COc1cccc(C2NC(=O)N(Cc3cccc(C)c3)C(C)=C2c2nc(-c3ccc(C)cc3)no2)c1. The lowest BCUT2D eigenvalue weighted by atomic mass is 9.94. The third-order valence-electron chi connectivity index (χ3n) is 6.41. The van der Waals surface area contributed by atoms with Gasteiger partial charge in [-0.2, -0.15) is 4.98 Å². The zero-order valence-corrected chi connectivity index (χ0v) is 20.8. The molecule has 1 aliphatic rings. The van der Waals surface area contributed by atoms with Gasteiger partial charge in [-0.05, 0) is 44.0 Å². The largest absolute Gasteiger partial charge is 0.497 e. The molecule has 1 aromatic heterocycles. The number of urea groups is 1. The van der Waals surface area contributed by atoms with Crippen LogP contribution in [0.15, 0.2) is 83.0 Å². The fourth-order valence-corrected chi connectivity index (χ4v) is 4.47. The summed E-state index contributed by atoms with van der Waals surface area (Å²) in [7, 11) is 1.62. The van der Waals surface area contributed by atoms with Crippen LogP contribution in [0.1, 0.15) is 41.1 Å². The van der Waals surface area contributed by atoms with Gasteiger partial charge in [0.2, 0.25) is 5.82 Å². The maximum Gasteiger partial charge on any atom is 0.322 e. The molecule has 2 amide bonds. The van der Waals surface area contributed by atoms with Gasteiger partial charge < -0.3 is 14.6 Å². The van der Waals surface area contributed by atoms with Crippen LogP contribution in [0.2, 0.25) is 0 Å². The van der Waals surface area contributed by atoms with E-state index in [2.05, 4.69) is 16.5 Å². The molecule has 1 aliphatic heterocycles. The number of carbonyl (C=O) groups is 1. The molecule has 0 bridgehead atoms. The van der Waals surface area contributed by atoms with E-state index in [0.717, 1.165) is 39.1 Å². The molecule has 1 unspecified atom stereocenters. The van der Waals surface area contributed by atoms with Crippen molar-refractivity contribution in [3.8, 4) is 17.1 Å². The molecule has 0 aliphatic carbocycles. The molecule has 0 saturated carbocycles. The van der Waals surface area contributed by atoms with Gasteiger partial charge in [-0.3, -0.25) is 4.90 Å². The first-order chi connectivity index (χ1) is 17.4. The van der Waals surface area contributed by atoms with Crippen LogP contribution < -0.4 is 10.1 Å². The highest BCUT2D eigenvalue weighted by Crippen LogP contribution is 2.38. The van der Waals surface area contributed by atoms with Crippen LogP contribution in [0, 0.1) is 13.8 Å². The Morgan fingerprint density at radius 3 is 2.50 bits per heavy atom. The lowest BCUT2D eigenvalue weighted by Gasteiger charge is -2.35. The van der Waals surface area contributed by atoms with E-state index in [1.807, 2.05) is 87.5 Å². The molecule has 0 radical (unpaired) electrons. The van der Waals surface area contributed by atoms with Gasteiger partial charge in [0.1, 0.15) is 5.75 Å². The number of nitrogens with zero attached hydrogens (tertiary/aromatic N) is 3. The summed E-state index contributed by atoms with van der Waals surface area (Å²) in [6, 6.07) is 23.1. The summed E-state index contributed by atoms with van der Waals surface area (Å²) >= 11 is 0. The van der Waals surface area contributed by atoms with Crippen molar-refractivity contribution in [2.24, 2.45) is 0 Å². The first kappa shape index (κ1) is 23.4. The van der Waals surface area contributed by atoms with E-state index in [-0.39, 0.29) is 6.03 Å². The van der Waals surface area contributed by atoms with E-state index < -0.39 is 6.04 Å². The molecule has 0 saturated heterocycles. The molecule has 0 fully saturated rings. The summed E-state index contributed by atoms with van der Waals surface area (Å²) in [5.41, 5.74) is 6.57. The van der Waals surface area contributed by atoms with Crippen molar-refractivity contribution in [3.63, 3.8) is 0 Å². The smallest absolute Gasteiger partial charge is 0.322 e. The normalized spacial score (nSPS) is 15.7. The number of hydrogen-bond acceptors (Lipinski definition) is 5. The number of amides is 2. The van der Waals surface area contributed by atoms with Crippen LogP contribution in [0.4, 0.5) is 4.79 Å². The van der Waals surface area contributed by atoms with Gasteiger partial charge in [0.25, 0.3) is 5.89 Å². The van der Waals surface area contributed by atoms with Gasteiger partial charge in [-0.1, -0.05) is 76.9 Å². The molecule has 3 aromatic carbocycles. The Labute approximate surface area is 210 Å². The molecule has 182 valence electrons. The number of carbonyl (C=O) groups excluding carboxylic acids is 1. The Balaban J connectivity index is 1.60. The lowest BCUT2D eigenvalue weighted by molar-refractivity contribution is 0.203.